The second kappa shape index (κ2) is 5.42. The number of carbonyl (C=O) groups is 1. The Morgan fingerprint density at radius 2 is 1.86 bits per heavy atom. The van der Waals surface area contributed by atoms with Crippen LogP contribution in [0.4, 0.5) is 0 Å². The highest BCUT2D eigenvalue weighted by Crippen LogP contribution is 2.07. The van der Waals surface area contributed by atoms with Gasteiger partial charge in [-0.25, -0.2) is 4.98 Å². The van der Waals surface area contributed by atoms with E-state index in [1.54, 1.807) is 0 Å². The molecule has 4 heteroatoms. The van der Waals surface area contributed by atoms with Gasteiger partial charge in [-0.3, -0.25) is 4.79 Å². The highest BCUT2D eigenvalue weighted by Gasteiger charge is 2.03. The van der Waals surface area contributed by atoms with Crippen molar-refractivity contribution < 1.29 is 9.90 Å². The molecule has 0 spiro atoms. The summed E-state index contributed by atoms with van der Waals surface area (Å²) in [6.07, 6.45) is 0. The number of aromatic nitrogens is 2. The molecule has 14 heavy (non-hydrogen) atoms. The van der Waals surface area contributed by atoms with Gasteiger partial charge in [0.2, 0.25) is 0 Å². The summed E-state index contributed by atoms with van der Waals surface area (Å²) < 4.78 is 2.22. The van der Waals surface area contributed by atoms with Crippen molar-refractivity contribution in [3.8, 4) is 0 Å². The fourth-order valence-corrected chi connectivity index (χ4v) is 1.29. The maximum atomic E-state index is 9.00. The van der Waals surface area contributed by atoms with Crippen molar-refractivity contribution in [1.82, 2.24) is 9.55 Å². The van der Waals surface area contributed by atoms with Gasteiger partial charge in [-0.15, -0.1) is 0 Å². The molecule has 0 saturated heterocycles. The van der Waals surface area contributed by atoms with E-state index in [1.807, 2.05) is 6.92 Å². The van der Waals surface area contributed by atoms with Crippen molar-refractivity contribution in [1.29, 1.82) is 0 Å². The molecule has 0 bridgehead atoms. The molecule has 0 atom stereocenters. The minimum Gasteiger partial charge on any atom is -0.481 e. The van der Waals surface area contributed by atoms with E-state index in [4.69, 9.17) is 9.90 Å². The van der Waals surface area contributed by atoms with Crippen LogP contribution < -0.4 is 0 Å². The lowest BCUT2D eigenvalue weighted by atomic mass is 10.4. The zero-order chi connectivity index (χ0) is 11.3. The normalized spacial score (nSPS) is 9.21. The van der Waals surface area contributed by atoms with Crippen LogP contribution in [-0.2, 0) is 11.3 Å². The van der Waals surface area contributed by atoms with E-state index < -0.39 is 5.97 Å². The first kappa shape index (κ1) is 12.7. The van der Waals surface area contributed by atoms with Gasteiger partial charge in [0.05, 0.1) is 5.69 Å². The molecule has 0 aromatic carbocycles. The van der Waals surface area contributed by atoms with Gasteiger partial charge >= 0.3 is 0 Å². The van der Waals surface area contributed by atoms with Crippen LogP contribution in [0.5, 0.6) is 0 Å². The molecule has 4 nitrogen and oxygen atoms in total. The zero-order valence-electron chi connectivity index (χ0n) is 9.46. The summed E-state index contributed by atoms with van der Waals surface area (Å²) in [5.41, 5.74) is 2.44. The number of imidazole rings is 1. The van der Waals surface area contributed by atoms with Gasteiger partial charge in [-0.1, -0.05) is 0 Å². The quantitative estimate of drug-likeness (QED) is 0.750. The molecule has 1 N–H and O–H groups in total. The zero-order valence-corrected chi connectivity index (χ0v) is 9.46. The van der Waals surface area contributed by atoms with E-state index in [-0.39, 0.29) is 0 Å². The van der Waals surface area contributed by atoms with Gasteiger partial charge in [0.15, 0.2) is 0 Å². The number of carboxylic acid groups (broad SMARTS) is 1. The number of nitrogens with zero attached hydrogens (tertiary/aromatic N) is 2. The van der Waals surface area contributed by atoms with Gasteiger partial charge in [0.25, 0.3) is 5.97 Å². The van der Waals surface area contributed by atoms with Crippen LogP contribution in [0.25, 0.3) is 0 Å². The highest BCUT2D eigenvalue weighted by atomic mass is 16.4. The Kier molecular flexibility index (Phi) is 4.91. The average Bonchev–Trinajstić information content (AvgIpc) is 2.25. The second-order valence-corrected chi connectivity index (χ2v) is 3.09. The van der Waals surface area contributed by atoms with Crippen LogP contribution in [0.1, 0.15) is 31.1 Å². The summed E-state index contributed by atoms with van der Waals surface area (Å²) >= 11 is 0. The van der Waals surface area contributed by atoms with Crippen molar-refractivity contribution >= 4 is 5.97 Å². The number of hydrogen-bond donors (Lipinski definition) is 1. The van der Waals surface area contributed by atoms with Gasteiger partial charge < -0.3 is 9.67 Å². The van der Waals surface area contributed by atoms with E-state index in [9.17, 15) is 0 Å². The molecule has 0 radical (unpaired) electrons. The number of hydrogen-bond acceptors (Lipinski definition) is 2. The molecule has 1 aromatic heterocycles. The predicted molar refractivity (Wildman–Crippen MR) is 55.4 cm³/mol. The van der Waals surface area contributed by atoms with E-state index in [1.165, 1.54) is 5.69 Å². The van der Waals surface area contributed by atoms with Crippen LogP contribution in [-0.4, -0.2) is 20.6 Å². The van der Waals surface area contributed by atoms with Gasteiger partial charge in [0.1, 0.15) is 5.82 Å². The Morgan fingerprint density at radius 1 is 1.43 bits per heavy atom. The molecule has 0 saturated carbocycles. The fourth-order valence-electron chi connectivity index (χ4n) is 1.29. The lowest BCUT2D eigenvalue weighted by Crippen LogP contribution is -1.98. The standard InChI is InChI=1S/C8H14N2.C2H4O2/c1-5-10-7(3)6(2)9-8(10)4;1-2(3)4/h5H2,1-4H3;1H3,(H,3,4). The number of aliphatic carboxylic acids is 1. The molecule has 80 valence electrons. The molecule has 0 aliphatic heterocycles. The number of carboxylic acids is 1. The Morgan fingerprint density at radius 3 is 2.00 bits per heavy atom. The molecule has 0 amide bonds. The van der Waals surface area contributed by atoms with Crippen molar-refractivity contribution in [2.75, 3.05) is 0 Å². The molecular formula is C10H18N2O2. The average molecular weight is 198 g/mol. The lowest BCUT2D eigenvalue weighted by molar-refractivity contribution is -0.134. The Balaban J connectivity index is 0.000000364. The minimum absolute atomic E-state index is 0.833. The molecule has 0 fully saturated rings. The third-order valence-corrected chi connectivity index (χ3v) is 1.96. The van der Waals surface area contributed by atoms with E-state index in [0.717, 1.165) is 25.0 Å². The molecule has 1 rings (SSSR count). The molecule has 0 unspecified atom stereocenters. The first-order valence-electron chi connectivity index (χ1n) is 4.60. The SMILES string of the molecule is CC(=O)O.CCn1c(C)nc(C)c1C. The van der Waals surface area contributed by atoms with Crippen molar-refractivity contribution in [2.45, 2.75) is 41.2 Å². The smallest absolute Gasteiger partial charge is 0.300 e. The maximum absolute atomic E-state index is 9.00. The van der Waals surface area contributed by atoms with Crippen molar-refractivity contribution in [2.24, 2.45) is 0 Å². The molecule has 0 aliphatic rings. The summed E-state index contributed by atoms with van der Waals surface area (Å²) in [6, 6.07) is 0. The van der Waals surface area contributed by atoms with Crippen molar-refractivity contribution in [3.63, 3.8) is 0 Å². The summed E-state index contributed by atoms with van der Waals surface area (Å²) in [5.74, 6) is 0.289. The molecule has 1 heterocycles. The largest absolute Gasteiger partial charge is 0.481 e. The fraction of sp³-hybridized carbons (Fsp3) is 0.600. The van der Waals surface area contributed by atoms with E-state index in [0.29, 0.717) is 0 Å². The third-order valence-electron chi connectivity index (χ3n) is 1.96. The summed E-state index contributed by atoms with van der Waals surface area (Å²) in [5, 5.41) is 7.42. The van der Waals surface area contributed by atoms with Crippen LogP contribution in [0.15, 0.2) is 0 Å². The monoisotopic (exact) mass is 198 g/mol. The Hall–Kier alpha value is -1.32. The molecular weight excluding hydrogens is 180 g/mol. The highest BCUT2D eigenvalue weighted by molar-refractivity contribution is 5.62. The third kappa shape index (κ3) is 3.60. The van der Waals surface area contributed by atoms with Crippen molar-refractivity contribution in [3.05, 3.63) is 17.2 Å². The maximum Gasteiger partial charge on any atom is 0.300 e. The first-order valence-corrected chi connectivity index (χ1v) is 4.60. The van der Waals surface area contributed by atoms with E-state index >= 15 is 0 Å². The Bertz CT molecular complexity index is 312. The van der Waals surface area contributed by atoms with Gasteiger partial charge in [-0.2, -0.15) is 0 Å². The lowest BCUT2D eigenvalue weighted by Gasteiger charge is -2.01. The summed E-state index contributed by atoms with van der Waals surface area (Å²) in [4.78, 5) is 13.3. The number of aryl methyl sites for hydroxylation is 2. The first-order chi connectivity index (χ1) is 6.40. The van der Waals surface area contributed by atoms with Crippen LogP contribution in [0.3, 0.4) is 0 Å². The van der Waals surface area contributed by atoms with Crippen LogP contribution >= 0.6 is 0 Å². The molecule has 1 aromatic rings. The van der Waals surface area contributed by atoms with Crippen LogP contribution in [0.2, 0.25) is 0 Å². The topological polar surface area (TPSA) is 55.1 Å². The predicted octanol–water partition coefficient (Wildman–Crippen LogP) is 1.92. The Labute approximate surface area is 84.6 Å². The second-order valence-electron chi connectivity index (χ2n) is 3.09. The summed E-state index contributed by atoms with van der Waals surface area (Å²) in [6.45, 7) is 10.5. The summed E-state index contributed by atoms with van der Waals surface area (Å²) in [7, 11) is 0. The minimum atomic E-state index is -0.833. The van der Waals surface area contributed by atoms with Gasteiger partial charge in [-0.05, 0) is 27.7 Å². The van der Waals surface area contributed by atoms with Gasteiger partial charge in [0, 0.05) is 19.2 Å². The van der Waals surface area contributed by atoms with Crippen LogP contribution in [0, 0.1) is 20.8 Å². The molecule has 0 aliphatic carbocycles. The number of rotatable bonds is 1. The van der Waals surface area contributed by atoms with E-state index in [2.05, 4.69) is 30.3 Å².